The number of hydrogen-bond donors (Lipinski definition) is 0. The standard InChI is InChI=1S/C14H22N2O3S/c1-9(2)12-15-10(8-20-12)11(7-17)16(6)13(18)19-14(3,4)5/h7-9,11H,1-6H3. The maximum atomic E-state index is 12.0. The van der Waals surface area contributed by atoms with Gasteiger partial charge in [-0.1, -0.05) is 13.8 Å². The summed E-state index contributed by atoms with van der Waals surface area (Å²) in [4.78, 5) is 29.0. The van der Waals surface area contributed by atoms with Crippen molar-refractivity contribution in [3.8, 4) is 0 Å². The highest BCUT2D eigenvalue weighted by Crippen LogP contribution is 2.25. The molecule has 1 aromatic rings. The van der Waals surface area contributed by atoms with Gasteiger partial charge in [-0.3, -0.25) is 4.90 Å². The maximum absolute atomic E-state index is 12.0. The Bertz CT molecular complexity index is 477. The Labute approximate surface area is 124 Å². The van der Waals surface area contributed by atoms with Crippen LogP contribution in [0.2, 0.25) is 0 Å². The number of thiazole rings is 1. The molecule has 0 saturated heterocycles. The van der Waals surface area contributed by atoms with Crippen LogP contribution in [0.1, 0.15) is 57.3 Å². The molecule has 0 N–H and O–H groups in total. The molecule has 1 atom stereocenters. The van der Waals surface area contributed by atoms with Gasteiger partial charge in [0.2, 0.25) is 0 Å². The first-order valence-corrected chi connectivity index (χ1v) is 7.40. The zero-order chi connectivity index (χ0) is 15.5. The van der Waals surface area contributed by atoms with Crippen molar-refractivity contribution in [2.24, 2.45) is 0 Å². The van der Waals surface area contributed by atoms with Crippen LogP contribution in [0.3, 0.4) is 0 Å². The molecular formula is C14H22N2O3S. The fraction of sp³-hybridized carbons (Fsp3) is 0.643. The quantitative estimate of drug-likeness (QED) is 0.800. The van der Waals surface area contributed by atoms with Crippen LogP contribution < -0.4 is 0 Å². The molecule has 0 aliphatic carbocycles. The molecule has 0 aliphatic rings. The first-order chi connectivity index (χ1) is 9.15. The molecule has 0 radical (unpaired) electrons. The number of rotatable bonds is 4. The molecule has 0 fully saturated rings. The predicted octanol–water partition coefficient (Wildman–Crippen LogP) is 3.37. The van der Waals surface area contributed by atoms with Crippen LogP contribution in [0, 0.1) is 0 Å². The summed E-state index contributed by atoms with van der Waals surface area (Å²) in [5, 5.41) is 2.76. The number of amides is 1. The van der Waals surface area contributed by atoms with Crippen molar-refractivity contribution in [2.45, 2.75) is 52.2 Å². The molecule has 1 aromatic heterocycles. The largest absolute Gasteiger partial charge is 0.444 e. The summed E-state index contributed by atoms with van der Waals surface area (Å²) in [6, 6.07) is -0.714. The molecular weight excluding hydrogens is 276 g/mol. The normalized spacial score (nSPS) is 13.2. The second-order valence-corrected chi connectivity index (χ2v) is 6.83. The Kier molecular flexibility index (Phi) is 5.28. The molecule has 5 nitrogen and oxygen atoms in total. The van der Waals surface area contributed by atoms with E-state index >= 15 is 0 Å². The van der Waals surface area contributed by atoms with Gasteiger partial charge in [-0.25, -0.2) is 9.78 Å². The van der Waals surface area contributed by atoms with Crippen LogP contribution in [0.4, 0.5) is 4.79 Å². The van der Waals surface area contributed by atoms with Gasteiger partial charge in [0.25, 0.3) is 0 Å². The summed E-state index contributed by atoms with van der Waals surface area (Å²) in [5.41, 5.74) is -0.00807. The van der Waals surface area contributed by atoms with E-state index in [0.29, 0.717) is 17.9 Å². The number of aromatic nitrogens is 1. The monoisotopic (exact) mass is 298 g/mol. The van der Waals surface area contributed by atoms with Gasteiger partial charge >= 0.3 is 6.09 Å². The third-order valence-electron chi connectivity index (χ3n) is 2.56. The van der Waals surface area contributed by atoms with Crippen molar-refractivity contribution >= 4 is 23.7 Å². The Morgan fingerprint density at radius 2 is 2.05 bits per heavy atom. The van der Waals surface area contributed by atoms with Gasteiger partial charge < -0.3 is 9.53 Å². The number of carbonyl (C=O) groups excluding carboxylic acids is 2. The second-order valence-electron chi connectivity index (χ2n) is 5.94. The van der Waals surface area contributed by atoms with Crippen LogP contribution in [0.25, 0.3) is 0 Å². The smallest absolute Gasteiger partial charge is 0.410 e. The van der Waals surface area contributed by atoms with Gasteiger partial charge in [-0.2, -0.15) is 0 Å². The number of ether oxygens (including phenoxy) is 1. The Morgan fingerprint density at radius 1 is 1.45 bits per heavy atom. The van der Waals surface area contributed by atoms with Gasteiger partial charge in [0.1, 0.15) is 17.9 Å². The van der Waals surface area contributed by atoms with Crippen LogP contribution in [-0.2, 0) is 9.53 Å². The summed E-state index contributed by atoms with van der Waals surface area (Å²) in [6.45, 7) is 9.43. The molecule has 0 aromatic carbocycles. The first-order valence-electron chi connectivity index (χ1n) is 6.52. The molecule has 1 unspecified atom stereocenters. The summed E-state index contributed by atoms with van der Waals surface area (Å²) in [6.07, 6.45) is 0.178. The Balaban J connectivity index is 2.89. The van der Waals surface area contributed by atoms with Crippen molar-refractivity contribution in [1.29, 1.82) is 0 Å². The topological polar surface area (TPSA) is 59.5 Å². The average molecular weight is 298 g/mol. The van der Waals surface area contributed by atoms with E-state index in [9.17, 15) is 9.59 Å². The number of hydrogen-bond acceptors (Lipinski definition) is 5. The number of likely N-dealkylation sites (N-methyl/N-ethyl adjacent to an activating group) is 1. The lowest BCUT2D eigenvalue weighted by molar-refractivity contribution is -0.112. The zero-order valence-electron chi connectivity index (χ0n) is 12.8. The molecule has 112 valence electrons. The lowest BCUT2D eigenvalue weighted by Crippen LogP contribution is -2.37. The fourth-order valence-electron chi connectivity index (χ4n) is 1.51. The van der Waals surface area contributed by atoms with Crippen molar-refractivity contribution in [2.75, 3.05) is 7.05 Å². The fourth-order valence-corrected chi connectivity index (χ4v) is 2.37. The molecule has 20 heavy (non-hydrogen) atoms. The van der Waals surface area contributed by atoms with Crippen LogP contribution >= 0.6 is 11.3 Å². The molecule has 0 spiro atoms. The SMILES string of the molecule is CC(C)c1nc(C(C=O)N(C)C(=O)OC(C)(C)C)cs1. The third-order valence-corrected chi connectivity index (χ3v) is 3.73. The van der Waals surface area contributed by atoms with E-state index in [4.69, 9.17) is 4.74 Å². The van der Waals surface area contributed by atoms with Gasteiger partial charge in [0.15, 0.2) is 0 Å². The van der Waals surface area contributed by atoms with Crippen LogP contribution in [-0.4, -0.2) is 34.9 Å². The van der Waals surface area contributed by atoms with Crippen molar-refractivity contribution < 1.29 is 14.3 Å². The highest BCUT2D eigenvalue weighted by molar-refractivity contribution is 7.09. The van der Waals surface area contributed by atoms with E-state index in [1.807, 2.05) is 19.2 Å². The summed E-state index contributed by atoms with van der Waals surface area (Å²) in [5.74, 6) is 0.299. The lowest BCUT2D eigenvalue weighted by atomic mass is 10.2. The summed E-state index contributed by atoms with van der Waals surface area (Å²) in [7, 11) is 1.54. The van der Waals surface area contributed by atoms with E-state index in [0.717, 1.165) is 5.01 Å². The highest BCUT2D eigenvalue weighted by atomic mass is 32.1. The second kappa shape index (κ2) is 6.35. The Hall–Kier alpha value is -1.43. The molecule has 1 heterocycles. The summed E-state index contributed by atoms with van der Waals surface area (Å²) >= 11 is 1.49. The predicted molar refractivity (Wildman–Crippen MR) is 79.0 cm³/mol. The third kappa shape index (κ3) is 4.30. The molecule has 1 amide bonds. The number of aldehydes is 1. The minimum atomic E-state index is -0.714. The summed E-state index contributed by atoms with van der Waals surface area (Å²) < 4.78 is 5.26. The minimum absolute atomic E-state index is 0.299. The zero-order valence-corrected chi connectivity index (χ0v) is 13.7. The van der Waals surface area contributed by atoms with Gasteiger partial charge in [0.05, 0.1) is 10.7 Å². The van der Waals surface area contributed by atoms with Crippen molar-refractivity contribution in [1.82, 2.24) is 9.88 Å². The average Bonchev–Trinajstić information content (AvgIpc) is 2.77. The molecule has 0 bridgehead atoms. The molecule has 6 heteroatoms. The van der Waals surface area contributed by atoms with Gasteiger partial charge in [-0.05, 0) is 20.8 Å². The van der Waals surface area contributed by atoms with E-state index in [1.165, 1.54) is 16.2 Å². The maximum Gasteiger partial charge on any atom is 0.410 e. The van der Waals surface area contributed by atoms with Crippen LogP contribution in [0.5, 0.6) is 0 Å². The van der Waals surface area contributed by atoms with E-state index < -0.39 is 17.7 Å². The molecule has 0 aliphatic heterocycles. The molecule has 0 saturated carbocycles. The highest BCUT2D eigenvalue weighted by Gasteiger charge is 2.27. The lowest BCUT2D eigenvalue weighted by Gasteiger charge is -2.27. The number of carbonyl (C=O) groups is 2. The van der Waals surface area contributed by atoms with Gasteiger partial charge in [-0.15, -0.1) is 11.3 Å². The minimum Gasteiger partial charge on any atom is -0.444 e. The first kappa shape index (κ1) is 16.6. The van der Waals surface area contributed by atoms with Crippen molar-refractivity contribution in [3.63, 3.8) is 0 Å². The van der Waals surface area contributed by atoms with Gasteiger partial charge in [0, 0.05) is 18.3 Å². The van der Waals surface area contributed by atoms with Crippen LogP contribution in [0.15, 0.2) is 5.38 Å². The Morgan fingerprint density at radius 3 is 2.45 bits per heavy atom. The molecule has 1 rings (SSSR count). The van der Waals surface area contributed by atoms with E-state index in [1.54, 1.807) is 27.8 Å². The van der Waals surface area contributed by atoms with E-state index in [-0.39, 0.29) is 0 Å². The van der Waals surface area contributed by atoms with E-state index in [2.05, 4.69) is 4.98 Å². The number of nitrogens with zero attached hydrogens (tertiary/aromatic N) is 2. The van der Waals surface area contributed by atoms with Crippen molar-refractivity contribution in [3.05, 3.63) is 16.1 Å².